The van der Waals surface area contributed by atoms with Crippen molar-refractivity contribution in [3.05, 3.63) is 65.9 Å². The number of carbonyl (C=O) groups is 1. The van der Waals surface area contributed by atoms with Gasteiger partial charge in [0, 0.05) is 11.6 Å². The van der Waals surface area contributed by atoms with Gasteiger partial charge in [0.15, 0.2) is 0 Å². The molecular weight excluding hydrogens is 449 g/mol. The Bertz CT molecular complexity index is 1450. The molecule has 8 nitrogen and oxygen atoms in total. The first-order valence-corrected chi connectivity index (χ1v) is 11.0. The average Bonchev–Trinajstić information content (AvgIpc) is 3.14. The minimum absolute atomic E-state index is 0.168. The molecule has 1 amide bonds. The van der Waals surface area contributed by atoms with Crippen LogP contribution >= 0.6 is 0 Å². The summed E-state index contributed by atoms with van der Waals surface area (Å²) in [5.41, 5.74) is 0.892. The van der Waals surface area contributed by atoms with Crippen LogP contribution in [0, 0.1) is 0 Å². The van der Waals surface area contributed by atoms with Crippen molar-refractivity contribution in [3.63, 3.8) is 0 Å². The van der Waals surface area contributed by atoms with E-state index in [1.54, 1.807) is 30.3 Å². The number of carbonyl (C=O) groups excluding carboxylic acids is 1. The first kappa shape index (κ1) is 21.6. The van der Waals surface area contributed by atoms with Gasteiger partial charge in [-0.05, 0) is 24.3 Å². The number of ether oxygens (including phenoxy) is 1. The summed E-state index contributed by atoms with van der Waals surface area (Å²) >= 11 is 0. The predicted octanol–water partition coefficient (Wildman–Crippen LogP) is 3.11. The third kappa shape index (κ3) is 4.35. The van der Waals surface area contributed by atoms with Crippen molar-refractivity contribution in [1.82, 2.24) is 19.9 Å². The van der Waals surface area contributed by atoms with Gasteiger partial charge in [-0.3, -0.25) is 4.79 Å². The summed E-state index contributed by atoms with van der Waals surface area (Å²) in [5.74, 6) is -1.45. The number of nitrogens with zero attached hydrogens (tertiary/aromatic N) is 3. The van der Waals surface area contributed by atoms with Crippen LogP contribution in [0.15, 0.2) is 59.8 Å². The van der Waals surface area contributed by atoms with E-state index in [2.05, 4.69) is 20.1 Å². The van der Waals surface area contributed by atoms with Gasteiger partial charge in [-0.25, -0.2) is 17.9 Å². The normalized spacial score (nSPS) is 12.2. The topological polar surface area (TPSA) is 103 Å². The van der Waals surface area contributed by atoms with E-state index >= 15 is 0 Å². The molecule has 4 aromatic rings. The van der Waals surface area contributed by atoms with E-state index in [0.29, 0.717) is 16.4 Å². The summed E-state index contributed by atoms with van der Waals surface area (Å²) in [5, 5.41) is 7.08. The van der Waals surface area contributed by atoms with Gasteiger partial charge in [0.1, 0.15) is 5.75 Å². The zero-order valence-corrected chi connectivity index (χ0v) is 17.2. The highest BCUT2D eigenvalue weighted by Crippen LogP contribution is 2.26. The Labute approximate surface area is 179 Å². The first-order chi connectivity index (χ1) is 15.0. The molecule has 0 aliphatic heterocycles. The van der Waals surface area contributed by atoms with Gasteiger partial charge < -0.3 is 10.1 Å². The van der Waals surface area contributed by atoms with E-state index in [-0.39, 0.29) is 23.0 Å². The maximum absolute atomic E-state index is 12.6. The Hall–Kier alpha value is -3.67. The number of halogens is 3. The van der Waals surface area contributed by atoms with Crippen LogP contribution in [0.5, 0.6) is 5.75 Å². The molecule has 2 aromatic carbocycles. The van der Waals surface area contributed by atoms with Crippen molar-refractivity contribution < 1.29 is 31.1 Å². The molecule has 4 rings (SSSR count). The molecule has 32 heavy (non-hydrogen) atoms. The highest BCUT2D eigenvalue weighted by Gasteiger charge is 2.32. The van der Waals surface area contributed by atoms with E-state index in [1.165, 1.54) is 22.7 Å². The molecule has 0 unspecified atom stereocenters. The van der Waals surface area contributed by atoms with Crippen molar-refractivity contribution in [3.8, 4) is 5.75 Å². The first-order valence-electron chi connectivity index (χ1n) is 9.13. The smallest absolute Gasteiger partial charge is 0.405 e. The van der Waals surface area contributed by atoms with E-state index in [9.17, 15) is 26.4 Å². The molecule has 0 saturated carbocycles. The second-order valence-electron chi connectivity index (χ2n) is 6.84. The van der Waals surface area contributed by atoms with E-state index in [0.717, 1.165) is 12.3 Å². The summed E-state index contributed by atoms with van der Waals surface area (Å²) in [6.45, 7) is -0.168. The highest BCUT2D eigenvalue weighted by molar-refractivity contribution is 7.90. The molecule has 166 valence electrons. The lowest BCUT2D eigenvalue weighted by Gasteiger charge is -2.12. The number of aromatic nitrogens is 3. The Kier molecular flexibility index (Phi) is 5.25. The van der Waals surface area contributed by atoms with Crippen LogP contribution in [0.25, 0.3) is 16.4 Å². The molecule has 2 aromatic heterocycles. The maximum atomic E-state index is 12.6. The maximum Gasteiger partial charge on any atom is 0.573 e. The monoisotopic (exact) mass is 464 g/mol. The standard InChI is InChI=1S/C20H15F3N4O4S/c1-32(29,30)19-25-15-8-4-2-6-13(15)16-10-12(26-27(16)19)11-24-18(28)14-7-3-5-9-17(14)31-20(21,22)23/h2-10H,11H2,1H3,(H,24,28). The Morgan fingerprint density at radius 1 is 1.12 bits per heavy atom. The van der Waals surface area contributed by atoms with Gasteiger partial charge in [-0.1, -0.05) is 30.3 Å². The number of rotatable bonds is 5. The second-order valence-corrected chi connectivity index (χ2v) is 8.75. The minimum atomic E-state index is -4.95. The van der Waals surface area contributed by atoms with Crippen LogP contribution in [-0.2, 0) is 16.4 Å². The molecule has 2 heterocycles. The number of amides is 1. The van der Waals surface area contributed by atoms with E-state index < -0.39 is 27.9 Å². The molecule has 0 spiro atoms. The van der Waals surface area contributed by atoms with Crippen LogP contribution in [0.1, 0.15) is 16.1 Å². The molecule has 0 atom stereocenters. The third-order valence-electron chi connectivity index (χ3n) is 4.46. The lowest BCUT2D eigenvalue weighted by Crippen LogP contribution is -2.25. The van der Waals surface area contributed by atoms with E-state index in [4.69, 9.17) is 0 Å². The van der Waals surface area contributed by atoms with Crippen LogP contribution in [-0.4, -0.2) is 41.5 Å². The highest BCUT2D eigenvalue weighted by atomic mass is 32.2. The zero-order valence-electron chi connectivity index (χ0n) is 16.4. The molecular formula is C20H15F3N4O4S. The molecule has 1 N–H and O–H groups in total. The van der Waals surface area contributed by atoms with E-state index in [1.807, 2.05) is 0 Å². The summed E-state index contributed by atoms with van der Waals surface area (Å²) in [4.78, 5) is 16.7. The molecule has 0 bridgehead atoms. The Morgan fingerprint density at radius 3 is 2.53 bits per heavy atom. The number of fused-ring (bicyclic) bond motifs is 3. The summed E-state index contributed by atoms with van der Waals surface area (Å²) < 4.78 is 67.3. The fourth-order valence-electron chi connectivity index (χ4n) is 3.17. The van der Waals surface area contributed by atoms with Crippen molar-refractivity contribution in [1.29, 1.82) is 0 Å². The Balaban J connectivity index is 1.67. The van der Waals surface area contributed by atoms with Crippen molar-refractivity contribution in [2.24, 2.45) is 0 Å². The minimum Gasteiger partial charge on any atom is -0.405 e. The number of hydrogen-bond acceptors (Lipinski definition) is 6. The molecule has 12 heteroatoms. The fourth-order valence-corrected chi connectivity index (χ4v) is 3.88. The van der Waals surface area contributed by atoms with Crippen molar-refractivity contribution in [2.45, 2.75) is 18.1 Å². The van der Waals surface area contributed by atoms with Crippen LogP contribution in [0.2, 0.25) is 0 Å². The lowest BCUT2D eigenvalue weighted by molar-refractivity contribution is -0.274. The number of para-hydroxylation sites is 2. The number of alkyl halides is 3. The predicted molar refractivity (Wildman–Crippen MR) is 108 cm³/mol. The summed E-state index contributed by atoms with van der Waals surface area (Å²) in [6.07, 6.45) is -3.95. The summed E-state index contributed by atoms with van der Waals surface area (Å²) in [7, 11) is -3.73. The quantitative estimate of drug-likeness (QED) is 0.456. The van der Waals surface area contributed by atoms with Gasteiger partial charge in [0.2, 0.25) is 15.0 Å². The average molecular weight is 464 g/mol. The molecule has 0 saturated heterocycles. The number of nitrogens with one attached hydrogen (secondary N) is 1. The van der Waals surface area contributed by atoms with Gasteiger partial charge >= 0.3 is 6.36 Å². The molecule has 0 fully saturated rings. The van der Waals surface area contributed by atoms with Gasteiger partial charge in [0.05, 0.1) is 28.8 Å². The molecule has 0 aliphatic carbocycles. The molecule has 0 aliphatic rings. The van der Waals surface area contributed by atoms with Gasteiger partial charge in [-0.15, -0.1) is 13.2 Å². The molecule has 0 radical (unpaired) electrons. The van der Waals surface area contributed by atoms with Crippen LogP contribution in [0.3, 0.4) is 0 Å². The number of hydrogen-bond donors (Lipinski definition) is 1. The van der Waals surface area contributed by atoms with Crippen LogP contribution in [0.4, 0.5) is 13.2 Å². The number of sulfone groups is 1. The number of benzene rings is 2. The summed E-state index contributed by atoms with van der Waals surface area (Å²) in [6, 6.07) is 13.4. The van der Waals surface area contributed by atoms with Gasteiger partial charge in [-0.2, -0.15) is 5.10 Å². The second kappa shape index (κ2) is 7.79. The SMILES string of the molecule is CS(=O)(=O)c1nc2ccccc2c2cc(CNC(=O)c3ccccc3OC(F)(F)F)nn12. The Morgan fingerprint density at radius 2 is 1.81 bits per heavy atom. The van der Waals surface area contributed by atoms with Gasteiger partial charge in [0.25, 0.3) is 5.91 Å². The lowest BCUT2D eigenvalue weighted by atomic mass is 10.2. The van der Waals surface area contributed by atoms with Crippen molar-refractivity contribution in [2.75, 3.05) is 6.26 Å². The largest absolute Gasteiger partial charge is 0.573 e. The fraction of sp³-hybridized carbons (Fsp3) is 0.150. The van der Waals surface area contributed by atoms with Crippen LogP contribution < -0.4 is 10.1 Å². The van der Waals surface area contributed by atoms with Crippen molar-refractivity contribution >= 4 is 32.2 Å². The third-order valence-corrected chi connectivity index (χ3v) is 5.38. The zero-order chi connectivity index (χ0) is 23.1.